The first kappa shape index (κ1) is 28.0. The van der Waals surface area contributed by atoms with Gasteiger partial charge in [0.15, 0.2) is 0 Å². The molecule has 3 aromatic carbocycles. The molecular weight excluding hydrogens is 466 g/mol. The molecule has 0 aromatic heterocycles. The van der Waals surface area contributed by atoms with Crippen molar-refractivity contribution in [3.8, 4) is 0 Å². The summed E-state index contributed by atoms with van der Waals surface area (Å²) in [4.78, 5) is 7.31. The number of nitrogens with zero attached hydrogens (tertiary/aromatic N) is 3. The third-order valence-corrected chi connectivity index (χ3v) is 7.67. The van der Waals surface area contributed by atoms with Crippen LogP contribution >= 0.6 is 0 Å². The highest BCUT2D eigenvalue weighted by Gasteiger charge is 2.12. The van der Waals surface area contributed by atoms with Gasteiger partial charge >= 0.3 is 0 Å². The zero-order valence-corrected chi connectivity index (χ0v) is 23.9. The Hall–Kier alpha value is -2.98. The predicted octanol–water partition coefficient (Wildman–Crippen LogP) is 7.41. The summed E-state index contributed by atoms with van der Waals surface area (Å²) in [6, 6.07) is 26.4. The second kappa shape index (κ2) is 14.8. The van der Waals surface area contributed by atoms with Gasteiger partial charge in [0, 0.05) is 56.3 Å². The van der Waals surface area contributed by atoms with Crippen LogP contribution in [0.1, 0.15) is 48.8 Å². The van der Waals surface area contributed by atoms with Crippen molar-refractivity contribution in [3.05, 3.63) is 89.5 Å². The molecule has 0 spiro atoms. The molecule has 0 bridgehead atoms. The van der Waals surface area contributed by atoms with Crippen LogP contribution in [0, 0.1) is 20.8 Å². The van der Waals surface area contributed by atoms with Gasteiger partial charge in [0.1, 0.15) is 0 Å². The third kappa shape index (κ3) is 8.80. The van der Waals surface area contributed by atoms with E-state index in [9.17, 15) is 0 Å². The number of piperidine rings is 1. The van der Waals surface area contributed by atoms with E-state index in [-0.39, 0.29) is 0 Å². The van der Waals surface area contributed by atoms with Crippen LogP contribution in [-0.4, -0.2) is 52.5 Å². The number of hydrogen-bond acceptors (Lipinski definition) is 4. The highest BCUT2D eigenvalue weighted by atomic mass is 16.5. The van der Waals surface area contributed by atoms with Gasteiger partial charge in [-0.05, 0) is 89.3 Å². The van der Waals surface area contributed by atoms with Crippen LogP contribution in [0.3, 0.4) is 0 Å². The molecule has 3 fully saturated rings. The molecule has 0 atom stereocenters. The Bertz CT molecular complexity index is 985. The third-order valence-electron chi connectivity index (χ3n) is 7.67. The molecule has 0 N–H and O–H groups in total. The summed E-state index contributed by atoms with van der Waals surface area (Å²) in [5, 5.41) is 0. The lowest BCUT2D eigenvalue weighted by Gasteiger charge is -2.28. The minimum absolute atomic E-state index is 0.855. The van der Waals surface area contributed by atoms with E-state index in [4.69, 9.17) is 4.74 Å². The first-order valence-electron chi connectivity index (χ1n) is 14.6. The van der Waals surface area contributed by atoms with Crippen LogP contribution in [0.5, 0.6) is 0 Å². The molecule has 3 aromatic rings. The molecule has 0 amide bonds. The van der Waals surface area contributed by atoms with Gasteiger partial charge in [-0.15, -0.1) is 0 Å². The van der Waals surface area contributed by atoms with Crippen molar-refractivity contribution >= 4 is 17.1 Å². The second-order valence-electron chi connectivity index (χ2n) is 10.8. The van der Waals surface area contributed by atoms with Crippen LogP contribution in [0.4, 0.5) is 17.1 Å². The first-order chi connectivity index (χ1) is 18.6. The molecule has 38 heavy (non-hydrogen) atoms. The summed E-state index contributed by atoms with van der Waals surface area (Å²) in [6.07, 6.45) is 6.83. The average Bonchev–Trinajstić information content (AvgIpc) is 3.51. The van der Waals surface area contributed by atoms with Crippen LogP contribution < -0.4 is 14.7 Å². The van der Waals surface area contributed by atoms with Crippen molar-refractivity contribution in [3.63, 3.8) is 0 Å². The number of morpholine rings is 1. The van der Waals surface area contributed by atoms with Crippen molar-refractivity contribution in [1.82, 2.24) is 0 Å². The lowest BCUT2D eigenvalue weighted by molar-refractivity contribution is 0.122. The maximum absolute atomic E-state index is 5.30. The normalized spacial score (nSPS) is 17.3. The summed E-state index contributed by atoms with van der Waals surface area (Å²) < 4.78 is 5.30. The number of hydrogen-bond donors (Lipinski definition) is 0. The van der Waals surface area contributed by atoms with E-state index in [1.807, 2.05) is 0 Å². The second-order valence-corrected chi connectivity index (χ2v) is 10.8. The van der Waals surface area contributed by atoms with Crippen LogP contribution in [0.15, 0.2) is 72.8 Å². The maximum Gasteiger partial charge on any atom is 0.0642 e. The van der Waals surface area contributed by atoms with Gasteiger partial charge in [-0.25, -0.2) is 0 Å². The van der Waals surface area contributed by atoms with Crippen molar-refractivity contribution in [2.45, 2.75) is 52.9 Å². The zero-order chi connectivity index (χ0) is 26.6. The SMILES string of the molecule is Cc1ccc(N2CCCC2)cc1.Cc1ccc(N2CCCCC2)cc1.Cc1ccc(N2CCOCC2)cc1. The van der Waals surface area contributed by atoms with Gasteiger partial charge in [-0.2, -0.15) is 0 Å². The molecule has 4 heteroatoms. The van der Waals surface area contributed by atoms with Crippen LogP contribution in [0.2, 0.25) is 0 Å². The Morgan fingerprint density at radius 3 is 1.03 bits per heavy atom. The van der Waals surface area contributed by atoms with E-state index in [2.05, 4.69) is 108 Å². The molecule has 0 radical (unpaired) electrons. The number of ether oxygens (including phenoxy) is 1. The van der Waals surface area contributed by atoms with E-state index in [1.165, 1.54) is 92.0 Å². The number of aryl methyl sites for hydroxylation is 3. The molecule has 0 saturated carbocycles. The van der Waals surface area contributed by atoms with Gasteiger partial charge in [0.05, 0.1) is 13.2 Å². The molecule has 6 rings (SSSR count). The predicted molar refractivity (Wildman–Crippen MR) is 164 cm³/mol. The summed E-state index contributed by atoms with van der Waals surface area (Å²) in [6.45, 7) is 15.1. The number of anilines is 3. The maximum atomic E-state index is 5.30. The molecule has 4 nitrogen and oxygen atoms in total. The van der Waals surface area contributed by atoms with Gasteiger partial charge in [-0.1, -0.05) is 53.1 Å². The van der Waals surface area contributed by atoms with Crippen molar-refractivity contribution in [2.24, 2.45) is 0 Å². The summed E-state index contributed by atoms with van der Waals surface area (Å²) >= 11 is 0. The Morgan fingerprint density at radius 2 is 0.684 bits per heavy atom. The van der Waals surface area contributed by atoms with E-state index in [0.717, 1.165) is 26.3 Å². The zero-order valence-electron chi connectivity index (χ0n) is 23.9. The van der Waals surface area contributed by atoms with Crippen molar-refractivity contribution < 1.29 is 4.74 Å². The molecule has 3 saturated heterocycles. The average molecular weight is 514 g/mol. The molecule has 3 aliphatic rings. The highest BCUT2D eigenvalue weighted by molar-refractivity contribution is 5.49. The van der Waals surface area contributed by atoms with Gasteiger partial charge in [-0.3, -0.25) is 0 Å². The Balaban J connectivity index is 0.000000133. The molecule has 3 aliphatic heterocycles. The molecule has 0 unspecified atom stereocenters. The lowest BCUT2D eigenvalue weighted by Crippen LogP contribution is -2.36. The summed E-state index contributed by atoms with van der Waals surface area (Å²) in [5.74, 6) is 0. The van der Waals surface area contributed by atoms with Crippen LogP contribution in [0.25, 0.3) is 0 Å². The van der Waals surface area contributed by atoms with Crippen molar-refractivity contribution in [2.75, 3.05) is 67.2 Å². The monoisotopic (exact) mass is 513 g/mol. The topological polar surface area (TPSA) is 19.0 Å². The first-order valence-corrected chi connectivity index (χ1v) is 14.6. The molecule has 3 heterocycles. The number of rotatable bonds is 3. The van der Waals surface area contributed by atoms with E-state index < -0.39 is 0 Å². The van der Waals surface area contributed by atoms with E-state index >= 15 is 0 Å². The smallest absolute Gasteiger partial charge is 0.0642 e. The molecule has 0 aliphatic carbocycles. The molecular formula is C34H47N3O. The van der Waals surface area contributed by atoms with Crippen LogP contribution in [-0.2, 0) is 4.74 Å². The Kier molecular flexibility index (Phi) is 10.9. The highest BCUT2D eigenvalue weighted by Crippen LogP contribution is 2.21. The fourth-order valence-electron chi connectivity index (χ4n) is 5.22. The lowest BCUT2D eigenvalue weighted by atomic mass is 10.1. The standard InChI is InChI=1S/C12H17N.C11H15NO.C11H15N/c1-11-5-7-12(8-6-11)13-9-3-2-4-10-13;1-10-2-4-11(5-3-10)12-6-8-13-9-7-12;1-10-4-6-11(7-5-10)12-8-2-3-9-12/h5-8H,2-4,9-10H2,1H3;2-5H,6-9H2,1H3;4-7H,2-3,8-9H2,1H3. The fraction of sp³-hybridized carbons (Fsp3) is 0.471. The Labute approximate surface area is 231 Å². The summed E-state index contributed by atoms with van der Waals surface area (Å²) in [7, 11) is 0. The molecule has 204 valence electrons. The largest absolute Gasteiger partial charge is 0.378 e. The van der Waals surface area contributed by atoms with Gasteiger partial charge in [0.2, 0.25) is 0 Å². The van der Waals surface area contributed by atoms with Gasteiger partial charge in [0.25, 0.3) is 0 Å². The Morgan fingerprint density at radius 1 is 0.395 bits per heavy atom. The number of benzene rings is 3. The fourth-order valence-corrected chi connectivity index (χ4v) is 5.22. The minimum Gasteiger partial charge on any atom is -0.378 e. The van der Waals surface area contributed by atoms with Crippen molar-refractivity contribution in [1.29, 1.82) is 0 Å². The van der Waals surface area contributed by atoms with E-state index in [0.29, 0.717) is 0 Å². The quantitative estimate of drug-likeness (QED) is 0.363. The van der Waals surface area contributed by atoms with E-state index in [1.54, 1.807) is 0 Å². The van der Waals surface area contributed by atoms with Gasteiger partial charge < -0.3 is 19.4 Å². The summed E-state index contributed by atoms with van der Waals surface area (Å²) in [5.41, 5.74) is 8.10. The minimum atomic E-state index is 0.855.